The maximum Gasteiger partial charge on any atom is 0.132 e. The van der Waals surface area contributed by atoms with Crippen LogP contribution in [0.15, 0.2) is 36.5 Å². The second-order valence-electron chi connectivity index (χ2n) is 4.47. The van der Waals surface area contributed by atoms with Gasteiger partial charge < -0.3 is 0 Å². The minimum Gasteiger partial charge on any atom is -0.256 e. The summed E-state index contributed by atoms with van der Waals surface area (Å²) in [6, 6.07) is 9.29. The van der Waals surface area contributed by atoms with Gasteiger partial charge in [-0.05, 0) is 42.2 Å². The Hall–Kier alpha value is -1.70. The fraction of sp³-hybridized carbons (Fsp3) is 0.312. The molecule has 0 amide bonds. The van der Waals surface area contributed by atoms with Crippen LogP contribution in [-0.2, 0) is 12.8 Å². The van der Waals surface area contributed by atoms with Gasteiger partial charge in [0.1, 0.15) is 5.82 Å². The predicted octanol–water partition coefficient (Wildman–Crippen LogP) is 4.40. The van der Waals surface area contributed by atoms with Crippen LogP contribution in [0.5, 0.6) is 0 Å². The van der Waals surface area contributed by atoms with Crippen molar-refractivity contribution in [1.29, 1.82) is 0 Å². The zero-order valence-electron chi connectivity index (χ0n) is 10.9. The lowest BCUT2D eigenvalue weighted by Crippen LogP contribution is -1.92. The number of benzene rings is 1. The topological polar surface area (TPSA) is 12.9 Å². The summed E-state index contributed by atoms with van der Waals surface area (Å²) in [5.74, 6) is -0.190. The summed E-state index contributed by atoms with van der Waals surface area (Å²) in [5, 5.41) is 0. The number of aryl methyl sites for hydroxylation is 2. The summed E-state index contributed by atoms with van der Waals surface area (Å²) in [5.41, 5.74) is 3.50. The summed E-state index contributed by atoms with van der Waals surface area (Å²) in [6.07, 6.45) is 4.80. The van der Waals surface area contributed by atoms with Crippen LogP contribution >= 0.6 is 0 Å². The van der Waals surface area contributed by atoms with Crippen molar-refractivity contribution < 1.29 is 4.39 Å². The van der Waals surface area contributed by atoms with Crippen LogP contribution in [0, 0.1) is 5.82 Å². The first-order valence-electron chi connectivity index (χ1n) is 6.48. The lowest BCUT2D eigenvalue weighted by molar-refractivity contribution is 0.628. The maximum atomic E-state index is 13.9. The smallest absolute Gasteiger partial charge is 0.132 e. The number of pyridine rings is 1. The molecule has 94 valence electrons. The highest BCUT2D eigenvalue weighted by molar-refractivity contribution is 5.60. The molecule has 2 aromatic rings. The molecule has 18 heavy (non-hydrogen) atoms. The molecule has 0 bridgehead atoms. The molecule has 1 nitrogen and oxygen atoms in total. The maximum absolute atomic E-state index is 13.9. The molecule has 0 atom stereocenters. The third-order valence-electron chi connectivity index (χ3n) is 3.08. The fourth-order valence-corrected chi connectivity index (χ4v) is 2.01. The molecule has 0 fully saturated rings. The Balaban J connectivity index is 2.30. The van der Waals surface area contributed by atoms with Gasteiger partial charge >= 0.3 is 0 Å². The monoisotopic (exact) mass is 243 g/mol. The number of aromatic nitrogens is 1. The zero-order chi connectivity index (χ0) is 13.0. The van der Waals surface area contributed by atoms with Crippen LogP contribution in [0.2, 0.25) is 0 Å². The van der Waals surface area contributed by atoms with Crippen molar-refractivity contribution in [2.75, 3.05) is 0 Å². The molecule has 0 saturated heterocycles. The van der Waals surface area contributed by atoms with Gasteiger partial charge in [0, 0.05) is 11.8 Å². The molecule has 2 rings (SSSR count). The molecular weight excluding hydrogens is 225 g/mol. The summed E-state index contributed by atoms with van der Waals surface area (Å²) < 4.78 is 13.9. The SMILES string of the molecule is CCCc1ccc(-c2ccc(CC)cc2F)nc1. The van der Waals surface area contributed by atoms with Crippen LogP contribution < -0.4 is 0 Å². The number of rotatable bonds is 4. The summed E-state index contributed by atoms with van der Waals surface area (Å²) in [7, 11) is 0. The quantitative estimate of drug-likeness (QED) is 0.775. The van der Waals surface area contributed by atoms with Gasteiger partial charge in [-0.3, -0.25) is 4.98 Å². The highest BCUT2D eigenvalue weighted by Gasteiger charge is 2.06. The Morgan fingerprint density at radius 3 is 2.39 bits per heavy atom. The standard InChI is InChI=1S/C16H18FN/c1-3-5-13-7-9-16(18-11-13)14-8-6-12(4-2)10-15(14)17/h6-11H,3-5H2,1-2H3. The number of halogens is 1. The molecule has 0 aliphatic heterocycles. The van der Waals surface area contributed by atoms with E-state index in [0.717, 1.165) is 24.8 Å². The lowest BCUT2D eigenvalue weighted by Gasteiger charge is -2.05. The molecule has 0 unspecified atom stereocenters. The van der Waals surface area contributed by atoms with Gasteiger partial charge in [-0.25, -0.2) is 4.39 Å². The highest BCUT2D eigenvalue weighted by Crippen LogP contribution is 2.22. The van der Waals surface area contributed by atoms with Crippen molar-refractivity contribution in [3.05, 3.63) is 53.5 Å². The van der Waals surface area contributed by atoms with Gasteiger partial charge in [0.05, 0.1) is 5.69 Å². The largest absolute Gasteiger partial charge is 0.256 e. The van der Waals surface area contributed by atoms with Crippen molar-refractivity contribution in [3.63, 3.8) is 0 Å². The molecular formula is C16H18FN. The van der Waals surface area contributed by atoms with Crippen LogP contribution in [0.25, 0.3) is 11.3 Å². The molecule has 0 radical (unpaired) electrons. The van der Waals surface area contributed by atoms with E-state index in [2.05, 4.69) is 11.9 Å². The van der Waals surface area contributed by atoms with Gasteiger partial charge in [0.25, 0.3) is 0 Å². The summed E-state index contributed by atoms with van der Waals surface area (Å²) in [6.45, 7) is 4.16. The third-order valence-corrected chi connectivity index (χ3v) is 3.08. The van der Waals surface area contributed by atoms with Gasteiger partial charge in [-0.2, -0.15) is 0 Å². The number of nitrogens with zero attached hydrogens (tertiary/aromatic N) is 1. The van der Waals surface area contributed by atoms with Crippen molar-refractivity contribution in [3.8, 4) is 11.3 Å². The van der Waals surface area contributed by atoms with E-state index in [-0.39, 0.29) is 5.82 Å². The zero-order valence-corrected chi connectivity index (χ0v) is 10.9. The van der Waals surface area contributed by atoms with Crippen LogP contribution in [0.4, 0.5) is 4.39 Å². The van der Waals surface area contributed by atoms with Gasteiger partial charge in [-0.15, -0.1) is 0 Å². The van der Waals surface area contributed by atoms with Crippen molar-refractivity contribution in [1.82, 2.24) is 4.98 Å². The average molecular weight is 243 g/mol. The highest BCUT2D eigenvalue weighted by atomic mass is 19.1. The predicted molar refractivity (Wildman–Crippen MR) is 73.0 cm³/mol. The normalized spacial score (nSPS) is 10.6. The van der Waals surface area contributed by atoms with E-state index in [9.17, 15) is 4.39 Å². The van der Waals surface area contributed by atoms with E-state index in [4.69, 9.17) is 0 Å². The molecule has 1 aromatic heterocycles. The van der Waals surface area contributed by atoms with Crippen LogP contribution in [0.3, 0.4) is 0 Å². The van der Waals surface area contributed by atoms with E-state index in [0.29, 0.717) is 11.3 Å². The lowest BCUT2D eigenvalue weighted by atomic mass is 10.1. The number of hydrogen-bond donors (Lipinski definition) is 0. The summed E-state index contributed by atoms with van der Waals surface area (Å²) in [4.78, 5) is 4.34. The fourth-order valence-electron chi connectivity index (χ4n) is 2.01. The molecule has 0 N–H and O–H groups in total. The Morgan fingerprint density at radius 1 is 1.06 bits per heavy atom. The van der Waals surface area contributed by atoms with Crippen LogP contribution in [-0.4, -0.2) is 4.98 Å². The number of hydrogen-bond acceptors (Lipinski definition) is 1. The Bertz CT molecular complexity index is 517. The molecule has 0 aliphatic rings. The van der Waals surface area contributed by atoms with Crippen molar-refractivity contribution in [2.24, 2.45) is 0 Å². The van der Waals surface area contributed by atoms with E-state index in [1.165, 1.54) is 5.56 Å². The average Bonchev–Trinajstić information content (AvgIpc) is 2.40. The van der Waals surface area contributed by atoms with Gasteiger partial charge in [0.2, 0.25) is 0 Å². The van der Waals surface area contributed by atoms with E-state index < -0.39 is 0 Å². The van der Waals surface area contributed by atoms with Crippen LogP contribution in [0.1, 0.15) is 31.4 Å². The Kier molecular flexibility index (Phi) is 4.08. The van der Waals surface area contributed by atoms with Crippen molar-refractivity contribution in [2.45, 2.75) is 33.1 Å². The third kappa shape index (κ3) is 2.76. The van der Waals surface area contributed by atoms with Gasteiger partial charge in [-0.1, -0.05) is 32.4 Å². The van der Waals surface area contributed by atoms with E-state index in [1.807, 2.05) is 37.4 Å². The molecule has 1 heterocycles. The molecule has 2 heteroatoms. The molecule has 0 aliphatic carbocycles. The van der Waals surface area contributed by atoms with E-state index >= 15 is 0 Å². The first-order chi connectivity index (χ1) is 8.74. The van der Waals surface area contributed by atoms with Gasteiger partial charge in [0.15, 0.2) is 0 Å². The Labute approximate surface area is 108 Å². The second kappa shape index (κ2) is 5.76. The first-order valence-corrected chi connectivity index (χ1v) is 6.48. The Morgan fingerprint density at radius 2 is 1.83 bits per heavy atom. The van der Waals surface area contributed by atoms with Crippen molar-refractivity contribution >= 4 is 0 Å². The minimum atomic E-state index is -0.190. The molecule has 0 saturated carbocycles. The van der Waals surface area contributed by atoms with E-state index in [1.54, 1.807) is 6.07 Å². The molecule has 0 spiro atoms. The summed E-state index contributed by atoms with van der Waals surface area (Å²) >= 11 is 0. The minimum absolute atomic E-state index is 0.190. The second-order valence-corrected chi connectivity index (χ2v) is 4.47. The molecule has 1 aromatic carbocycles. The first kappa shape index (κ1) is 12.7.